The number of hydrogen-bond donors (Lipinski definition) is 1. The van der Waals surface area contributed by atoms with Gasteiger partial charge in [0.2, 0.25) is 5.91 Å². The number of carbonyl (C=O) groups is 2. The van der Waals surface area contributed by atoms with E-state index in [2.05, 4.69) is 4.98 Å². The predicted molar refractivity (Wildman–Crippen MR) is 84.5 cm³/mol. The molecule has 0 bridgehead atoms. The van der Waals surface area contributed by atoms with Crippen molar-refractivity contribution in [1.29, 1.82) is 0 Å². The smallest absolute Gasteiger partial charge is 0.276 e. The number of piperidine rings is 1. The second kappa shape index (κ2) is 6.24. The van der Waals surface area contributed by atoms with Crippen LogP contribution in [0.15, 0.2) is 35.1 Å². The molecule has 3 rings (SSSR count). The fourth-order valence-corrected chi connectivity index (χ4v) is 2.96. The van der Waals surface area contributed by atoms with Gasteiger partial charge in [0.05, 0.1) is 5.92 Å². The van der Waals surface area contributed by atoms with Crippen molar-refractivity contribution in [3.63, 3.8) is 0 Å². The van der Waals surface area contributed by atoms with E-state index in [-0.39, 0.29) is 23.4 Å². The lowest BCUT2D eigenvalue weighted by atomic mass is 9.97. The first-order valence-corrected chi connectivity index (χ1v) is 7.66. The molecule has 0 unspecified atom stereocenters. The summed E-state index contributed by atoms with van der Waals surface area (Å²) < 4.78 is 5.47. The number of oxazole rings is 1. The van der Waals surface area contributed by atoms with E-state index in [1.165, 1.54) is 6.39 Å². The molecule has 1 fully saturated rings. The lowest BCUT2D eigenvalue weighted by molar-refractivity contribution is -0.123. The van der Waals surface area contributed by atoms with Crippen molar-refractivity contribution in [2.24, 2.45) is 11.7 Å². The normalized spacial score (nSPS) is 18.0. The topological polar surface area (TPSA) is 89.4 Å². The third kappa shape index (κ3) is 2.97. The van der Waals surface area contributed by atoms with E-state index >= 15 is 0 Å². The van der Waals surface area contributed by atoms with E-state index < -0.39 is 0 Å². The number of nitrogens with zero attached hydrogens (tertiary/aromatic N) is 2. The van der Waals surface area contributed by atoms with E-state index in [1.807, 2.05) is 31.2 Å². The minimum atomic E-state index is -0.359. The number of aryl methyl sites for hydroxylation is 1. The van der Waals surface area contributed by atoms with E-state index in [9.17, 15) is 9.59 Å². The van der Waals surface area contributed by atoms with Crippen LogP contribution in [0.4, 0.5) is 0 Å². The Balaban J connectivity index is 1.88. The third-order valence-corrected chi connectivity index (χ3v) is 4.27. The molecule has 1 aliphatic heterocycles. The first kappa shape index (κ1) is 15.3. The number of nitrogens with two attached hydrogens (primary N) is 1. The molecule has 0 spiro atoms. The molecule has 1 saturated heterocycles. The SMILES string of the molecule is Cc1ccccc1-c1ocnc1C(=O)N1CCC[C@@H](C(N)=O)C1. The number of hydrogen-bond acceptors (Lipinski definition) is 4. The van der Waals surface area contributed by atoms with Crippen molar-refractivity contribution in [1.82, 2.24) is 9.88 Å². The molecule has 2 amide bonds. The van der Waals surface area contributed by atoms with Crippen molar-refractivity contribution in [2.45, 2.75) is 19.8 Å². The summed E-state index contributed by atoms with van der Waals surface area (Å²) >= 11 is 0. The summed E-state index contributed by atoms with van der Waals surface area (Å²) in [6.45, 7) is 2.90. The molecular formula is C17H19N3O3. The van der Waals surface area contributed by atoms with Crippen LogP contribution in [0.5, 0.6) is 0 Å². The summed E-state index contributed by atoms with van der Waals surface area (Å²) in [7, 11) is 0. The number of likely N-dealkylation sites (tertiary alicyclic amines) is 1. The van der Waals surface area contributed by atoms with Gasteiger partial charge in [-0.3, -0.25) is 9.59 Å². The summed E-state index contributed by atoms with van der Waals surface area (Å²) in [4.78, 5) is 29.9. The van der Waals surface area contributed by atoms with Gasteiger partial charge in [-0.25, -0.2) is 4.98 Å². The molecule has 6 nitrogen and oxygen atoms in total. The zero-order valence-electron chi connectivity index (χ0n) is 13.0. The summed E-state index contributed by atoms with van der Waals surface area (Å²) in [5.74, 6) is -0.402. The molecule has 2 N–H and O–H groups in total. The van der Waals surface area contributed by atoms with Crippen LogP contribution in [-0.4, -0.2) is 34.8 Å². The Kier molecular flexibility index (Phi) is 4.14. The molecule has 1 aliphatic rings. The van der Waals surface area contributed by atoms with Crippen LogP contribution >= 0.6 is 0 Å². The number of rotatable bonds is 3. The molecule has 2 aromatic rings. The Morgan fingerprint density at radius 2 is 2.13 bits per heavy atom. The maximum absolute atomic E-state index is 12.8. The second-order valence-corrected chi connectivity index (χ2v) is 5.84. The Labute approximate surface area is 134 Å². The van der Waals surface area contributed by atoms with E-state index in [0.29, 0.717) is 18.8 Å². The largest absolute Gasteiger partial charge is 0.443 e. The van der Waals surface area contributed by atoms with Crippen LogP contribution in [0, 0.1) is 12.8 Å². The predicted octanol–water partition coefficient (Wildman–Crippen LogP) is 1.99. The molecule has 1 aromatic carbocycles. The van der Waals surface area contributed by atoms with Gasteiger partial charge in [-0.15, -0.1) is 0 Å². The minimum absolute atomic E-state index is 0.219. The van der Waals surface area contributed by atoms with Crippen LogP contribution in [0.1, 0.15) is 28.9 Å². The van der Waals surface area contributed by atoms with Crippen molar-refractivity contribution >= 4 is 11.8 Å². The van der Waals surface area contributed by atoms with Crippen LogP contribution in [-0.2, 0) is 4.79 Å². The van der Waals surface area contributed by atoms with Gasteiger partial charge in [-0.2, -0.15) is 0 Å². The van der Waals surface area contributed by atoms with Gasteiger partial charge in [0, 0.05) is 18.7 Å². The monoisotopic (exact) mass is 313 g/mol. The van der Waals surface area contributed by atoms with Crippen molar-refractivity contribution in [2.75, 3.05) is 13.1 Å². The number of amides is 2. The fraction of sp³-hybridized carbons (Fsp3) is 0.353. The summed E-state index contributed by atoms with van der Waals surface area (Å²) in [6.07, 6.45) is 2.77. The Hall–Kier alpha value is -2.63. The fourth-order valence-electron chi connectivity index (χ4n) is 2.96. The second-order valence-electron chi connectivity index (χ2n) is 5.84. The van der Waals surface area contributed by atoms with Gasteiger partial charge in [-0.05, 0) is 25.3 Å². The van der Waals surface area contributed by atoms with Crippen molar-refractivity contribution in [3.8, 4) is 11.3 Å². The third-order valence-electron chi connectivity index (χ3n) is 4.27. The average molecular weight is 313 g/mol. The van der Waals surface area contributed by atoms with E-state index in [1.54, 1.807) is 4.90 Å². The van der Waals surface area contributed by atoms with Crippen LogP contribution in [0.3, 0.4) is 0 Å². The van der Waals surface area contributed by atoms with Gasteiger partial charge >= 0.3 is 0 Å². The molecule has 1 atom stereocenters. The van der Waals surface area contributed by atoms with Crippen LogP contribution in [0.25, 0.3) is 11.3 Å². The lowest BCUT2D eigenvalue weighted by Gasteiger charge is -2.30. The molecule has 120 valence electrons. The van der Waals surface area contributed by atoms with Crippen molar-refractivity contribution in [3.05, 3.63) is 41.9 Å². The van der Waals surface area contributed by atoms with Crippen LogP contribution < -0.4 is 5.73 Å². The van der Waals surface area contributed by atoms with Gasteiger partial charge < -0.3 is 15.1 Å². The number of aromatic nitrogens is 1. The Bertz CT molecular complexity index is 738. The first-order chi connectivity index (χ1) is 11.1. The maximum atomic E-state index is 12.8. The highest BCUT2D eigenvalue weighted by atomic mass is 16.3. The van der Waals surface area contributed by atoms with Crippen molar-refractivity contribution < 1.29 is 14.0 Å². The van der Waals surface area contributed by atoms with Gasteiger partial charge in [-0.1, -0.05) is 24.3 Å². The lowest BCUT2D eigenvalue weighted by Crippen LogP contribution is -2.44. The highest BCUT2D eigenvalue weighted by molar-refractivity contribution is 5.98. The van der Waals surface area contributed by atoms with Crippen LogP contribution in [0.2, 0.25) is 0 Å². The molecule has 1 aromatic heterocycles. The number of primary amides is 1. The number of benzene rings is 1. The molecular weight excluding hydrogens is 294 g/mol. The summed E-state index contributed by atoms with van der Waals surface area (Å²) in [5, 5.41) is 0. The minimum Gasteiger partial charge on any atom is -0.443 e. The zero-order chi connectivity index (χ0) is 16.4. The van der Waals surface area contributed by atoms with Gasteiger partial charge in [0.15, 0.2) is 17.8 Å². The molecule has 6 heteroatoms. The maximum Gasteiger partial charge on any atom is 0.276 e. The quantitative estimate of drug-likeness (QED) is 0.938. The Morgan fingerprint density at radius 1 is 1.35 bits per heavy atom. The summed E-state index contributed by atoms with van der Waals surface area (Å²) in [6, 6.07) is 7.67. The number of carbonyl (C=O) groups excluding carboxylic acids is 2. The molecule has 0 saturated carbocycles. The van der Waals surface area contributed by atoms with E-state index in [4.69, 9.17) is 10.2 Å². The average Bonchev–Trinajstić information content (AvgIpc) is 3.04. The standard InChI is InChI=1S/C17H19N3O3/c1-11-5-2-3-7-13(11)15-14(19-10-23-15)17(22)20-8-4-6-12(9-20)16(18)21/h2-3,5,7,10,12H,4,6,8-9H2,1H3,(H2,18,21)/t12-/m1/s1. The highest BCUT2D eigenvalue weighted by Gasteiger charge is 2.30. The molecule has 0 radical (unpaired) electrons. The molecule has 2 heterocycles. The van der Waals surface area contributed by atoms with Gasteiger partial charge in [0.1, 0.15) is 0 Å². The zero-order valence-corrected chi connectivity index (χ0v) is 13.0. The highest BCUT2D eigenvalue weighted by Crippen LogP contribution is 2.28. The molecule has 0 aliphatic carbocycles. The van der Waals surface area contributed by atoms with Gasteiger partial charge in [0.25, 0.3) is 5.91 Å². The Morgan fingerprint density at radius 3 is 2.87 bits per heavy atom. The first-order valence-electron chi connectivity index (χ1n) is 7.66. The molecule has 23 heavy (non-hydrogen) atoms. The van der Waals surface area contributed by atoms with E-state index in [0.717, 1.165) is 24.0 Å². The summed E-state index contributed by atoms with van der Waals surface area (Å²) in [5.41, 5.74) is 7.51.